The normalized spacial score (nSPS) is 18.7. The second-order valence-electron chi connectivity index (χ2n) is 8.41. The lowest BCUT2D eigenvalue weighted by molar-refractivity contribution is -0.127. The number of methoxy groups -OCH3 is 1. The maximum Gasteiger partial charge on any atom is 0.337 e. The molecule has 2 aromatic carbocycles. The molecule has 1 fully saturated rings. The standard InChI is InChI=1S/C26H33NO4/c1-19(21-12-14-22(15-13-21)26(29)30-3)17-25(28)24-11-7-8-16-27(24)20(2)18-31-23-9-5-4-6-10-23/h4-6,9-10,12-15,19-20,24H,7-8,11,16-18H2,1-3H3/t19-,20?,24-/m1/s1. The van der Waals surface area contributed by atoms with E-state index in [-0.39, 0.29) is 29.8 Å². The van der Waals surface area contributed by atoms with Crippen LogP contribution in [-0.4, -0.2) is 49.0 Å². The van der Waals surface area contributed by atoms with Gasteiger partial charge in [-0.25, -0.2) is 4.79 Å². The van der Waals surface area contributed by atoms with E-state index in [4.69, 9.17) is 9.47 Å². The molecular formula is C26H33NO4. The van der Waals surface area contributed by atoms with Crippen molar-refractivity contribution >= 4 is 11.8 Å². The molecule has 0 radical (unpaired) electrons. The van der Waals surface area contributed by atoms with Gasteiger partial charge in [-0.2, -0.15) is 0 Å². The molecule has 1 aliphatic rings. The Bertz CT molecular complexity index is 849. The van der Waals surface area contributed by atoms with Gasteiger partial charge in [0.15, 0.2) is 5.78 Å². The number of piperidine rings is 1. The summed E-state index contributed by atoms with van der Waals surface area (Å²) in [7, 11) is 1.37. The van der Waals surface area contributed by atoms with Crippen LogP contribution in [0.3, 0.4) is 0 Å². The first-order chi connectivity index (χ1) is 15.0. The third-order valence-electron chi connectivity index (χ3n) is 6.12. The van der Waals surface area contributed by atoms with Crippen molar-refractivity contribution in [1.29, 1.82) is 0 Å². The summed E-state index contributed by atoms with van der Waals surface area (Å²) in [6.45, 7) is 5.71. The molecule has 0 saturated carbocycles. The van der Waals surface area contributed by atoms with Gasteiger partial charge in [0.25, 0.3) is 0 Å². The number of carbonyl (C=O) groups excluding carboxylic acids is 2. The summed E-state index contributed by atoms with van der Waals surface area (Å²) < 4.78 is 10.7. The highest BCUT2D eigenvalue weighted by atomic mass is 16.5. The van der Waals surface area contributed by atoms with E-state index in [9.17, 15) is 9.59 Å². The highest BCUT2D eigenvalue weighted by Crippen LogP contribution is 2.26. The van der Waals surface area contributed by atoms with Crippen molar-refractivity contribution in [2.45, 2.75) is 57.5 Å². The number of para-hydroxylation sites is 1. The summed E-state index contributed by atoms with van der Waals surface area (Å²) in [4.78, 5) is 27.2. The molecule has 2 aromatic rings. The molecule has 3 atom stereocenters. The summed E-state index contributed by atoms with van der Waals surface area (Å²) in [6, 6.07) is 17.3. The minimum Gasteiger partial charge on any atom is -0.492 e. The number of Topliss-reactive ketones (excluding diaryl/α,β-unsaturated/α-hetero) is 1. The van der Waals surface area contributed by atoms with Crippen molar-refractivity contribution in [3.8, 4) is 5.75 Å². The quantitative estimate of drug-likeness (QED) is 0.539. The fourth-order valence-electron chi connectivity index (χ4n) is 4.28. The number of benzene rings is 2. The fourth-order valence-corrected chi connectivity index (χ4v) is 4.28. The molecule has 5 nitrogen and oxygen atoms in total. The number of esters is 1. The number of carbonyl (C=O) groups is 2. The number of nitrogens with zero attached hydrogens (tertiary/aromatic N) is 1. The van der Waals surface area contributed by atoms with Crippen LogP contribution in [0, 0.1) is 0 Å². The first-order valence-corrected chi connectivity index (χ1v) is 11.1. The van der Waals surface area contributed by atoms with Gasteiger partial charge in [0.05, 0.1) is 18.7 Å². The Morgan fingerprint density at radius 3 is 2.42 bits per heavy atom. The monoisotopic (exact) mass is 423 g/mol. The molecule has 166 valence electrons. The summed E-state index contributed by atoms with van der Waals surface area (Å²) in [5.74, 6) is 0.896. The molecule has 1 saturated heterocycles. The van der Waals surface area contributed by atoms with Gasteiger partial charge < -0.3 is 9.47 Å². The fraction of sp³-hybridized carbons (Fsp3) is 0.462. The Labute approximate surface area is 185 Å². The molecule has 0 aliphatic carbocycles. The third kappa shape index (κ3) is 6.17. The topological polar surface area (TPSA) is 55.8 Å². The second kappa shape index (κ2) is 11.1. The molecule has 0 amide bonds. The number of ketones is 1. The Hall–Kier alpha value is -2.66. The van der Waals surface area contributed by atoms with Gasteiger partial charge in [0.2, 0.25) is 0 Å². The van der Waals surface area contributed by atoms with E-state index in [2.05, 4.69) is 18.7 Å². The molecule has 0 N–H and O–H groups in total. The zero-order valence-corrected chi connectivity index (χ0v) is 18.8. The zero-order chi connectivity index (χ0) is 22.2. The smallest absolute Gasteiger partial charge is 0.337 e. The first-order valence-electron chi connectivity index (χ1n) is 11.1. The van der Waals surface area contributed by atoms with Crippen molar-refractivity contribution in [3.05, 3.63) is 65.7 Å². The zero-order valence-electron chi connectivity index (χ0n) is 18.8. The Morgan fingerprint density at radius 1 is 1.03 bits per heavy atom. The highest BCUT2D eigenvalue weighted by molar-refractivity contribution is 5.89. The molecule has 0 spiro atoms. The van der Waals surface area contributed by atoms with E-state index < -0.39 is 0 Å². The Balaban J connectivity index is 1.59. The molecule has 31 heavy (non-hydrogen) atoms. The van der Waals surface area contributed by atoms with Crippen LogP contribution in [0.2, 0.25) is 0 Å². The maximum absolute atomic E-state index is 13.2. The van der Waals surface area contributed by atoms with Crippen molar-refractivity contribution in [2.24, 2.45) is 0 Å². The number of likely N-dealkylation sites (tertiary alicyclic amines) is 1. The van der Waals surface area contributed by atoms with Crippen LogP contribution in [0.25, 0.3) is 0 Å². The average molecular weight is 424 g/mol. The van der Waals surface area contributed by atoms with Gasteiger partial charge in [0, 0.05) is 12.5 Å². The van der Waals surface area contributed by atoms with Crippen LogP contribution in [-0.2, 0) is 9.53 Å². The van der Waals surface area contributed by atoms with Gasteiger partial charge in [-0.1, -0.05) is 43.7 Å². The SMILES string of the molecule is COC(=O)c1ccc([C@H](C)CC(=O)[C@H]2CCCCN2C(C)COc2ccccc2)cc1. The second-order valence-corrected chi connectivity index (χ2v) is 8.41. The molecule has 1 aliphatic heterocycles. The number of hydrogen-bond donors (Lipinski definition) is 0. The van der Waals surface area contributed by atoms with Gasteiger partial charge in [-0.05, 0) is 62.1 Å². The molecule has 5 heteroatoms. The van der Waals surface area contributed by atoms with E-state index in [1.165, 1.54) is 7.11 Å². The molecule has 0 aromatic heterocycles. The van der Waals surface area contributed by atoms with Crippen molar-refractivity contribution in [1.82, 2.24) is 4.90 Å². The number of hydrogen-bond acceptors (Lipinski definition) is 5. The van der Waals surface area contributed by atoms with E-state index in [1.54, 1.807) is 12.1 Å². The maximum atomic E-state index is 13.2. The van der Waals surface area contributed by atoms with Gasteiger partial charge in [0.1, 0.15) is 12.4 Å². The third-order valence-corrected chi connectivity index (χ3v) is 6.12. The van der Waals surface area contributed by atoms with Crippen LogP contribution in [0.15, 0.2) is 54.6 Å². The van der Waals surface area contributed by atoms with Crippen LogP contribution in [0.4, 0.5) is 0 Å². The predicted molar refractivity (Wildman–Crippen MR) is 122 cm³/mol. The Morgan fingerprint density at radius 2 is 1.74 bits per heavy atom. The van der Waals surface area contributed by atoms with E-state index in [0.29, 0.717) is 18.6 Å². The van der Waals surface area contributed by atoms with Crippen molar-refractivity contribution in [2.75, 3.05) is 20.3 Å². The summed E-state index contributed by atoms with van der Waals surface area (Å²) in [5, 5.41) is 0. The lowest BCUT2D eigenvalue weighted by Gasteiger charge is -2.39. The van der Waals surface area contributed by atoms with Crippen molar-refractivity contribution in [3.63, 3.8) is 0 Å². The molecular weight excluding hydrogens is 390 g/mol. The van der Waals surface area contributed by atoms with Gasteiger partial charge in [-0.15, -0.1) is 0 Å². The van der Waals surface area contributed by atoms with E-state index in [0.717, 1.165) is 37.1 Å². The summed E-state index contributed by atoms with van der Waals surface area (Å²) in [5.41, 5.74) is 1.58. The van der Waals surface area contributed by atoms with Crippen molar-refractivity contribution < 1.29 is 19.1 Å². The van der Waals surface area contributed by atoms with Gasteiger partial charge >= 0.3 is 5.97 Å². The predicted octanol–water partition coefficient (Wildman–Crippen LogP) is 4.86. The minimum atomic E-state index is -0.347. The summed E-state index contributed by atoms with van der Waals surface area (Å²) >= 11 is 0. The van der Waals surface area contributed by atoms with Gasteiger partial charge in [-0.3, -0.25) is 9.69 Å². The van der Waals surface area contributed by atoms with Crippen LogP contribution >= 0.6 is 0 Å². The summed E-state index contributed by atoms with van der Waals surface area (Å²) in [6.07, 6.45) is 3.60. The first kappa shape index (κ1) is 23.0. The average Bonchev–Trinajstić information content (AvgIpc) is 2.82. The Kier molecular flexibility index (Phi) is 8.24. The van der Waals surface area contributed by atoms with E-state index >= 15 is 0 Å². The number of ether oxygens (including phenoxy) is 2. The highest BCUT2D eigenvalue weighted by Gasteiger charge is 2.32. The van der Waals surface area contributed by atoms with Crippen LogP contribution in [0.5, 0.6) is 5.75 Å². The van der Waals surface area contributed by atoms with Crippen LogP contribution < -0.4 is 4.74 Å². The number of rotatable bonds is 9. The minimum absolute atomic E-state index is 0.0556. The van der Waals surface area contributed by atoms with E-state index in [1.807, 2.05) is 42.5 Å². The molecule has 0 bridgehead atoms. The molecule has 3 rings (SSSR count). The molecule has 1 heterocycles. The lowest BCUT2D eigenvalue weighted by atomic mass is 9.88. The lowest BCUT2D eigenvalue weighted by Crippen LogP contribution is -2.51. The molecule has 1 unspecified atom stereocenters. The largest absolute Gasteiger partial charge is 0.492 e. The van der Waals surface area contributed by atoms with Crippen LogP contribution in [0.1, 0.15) is 61.4 Å².